The van der Waals surface area contributed by atoms with Crippen LogP contribution in [0.4, 0.5) is 0 Å². The fourth-order valence-electron chi connectivity index (χ4n) is 3.96. The summed E-state index contributed by atoms with van der Waals surface area (Å²) in [7, 11) is 0. The molecule has 1 aliphatic rings. The maximum atomic E-state index is 10.3. The third-order valence-electron chi connectivity index (χ3n) is 5.26. The molecule has 0 saturated carbocycles. The molecule has 0 saturated heterocycles. The summed E-state index contributed by atoms with van der Waals surface area (Å²) in [5, 5.41) is 23.0. The summed E-state index contributed by atoms with van der Waals surface area (Å²) in [5.74, 6) is 1.11. The first-order chi connectivity index (χ1) is 13.4. The summed E-state index contributed by atoms with van der Waals surface area (Å²) in [6.07, 6.45) is 2.66. The highest BCUT2D eigenvalue weighted by molar-refractivity contribution is 9.10. The molecule has 28 heavy (non-hydrogen) atoms. The first-order valence-electron chi connectivity index (χ1n) is 9.69. The Hall–Kier alpha value is -1.87. The number of fused-ring (bicyclic) bond motifs is 1. The van der Waals surface area contributed by atoms with Crippen LogP contribution >= 0.6 is 15.9 Å². The van der Waals surface area contributed by atoms with Gasteiger partial charge in [-0.25, -0.2) is 0 Å². The molecule has 4 nitrogen and oxygen atoms in total. The van der Waals surface area contributed by atoms with Crippen molar-refractivity contribution in [1.29, 1.82) is 5.26 Å². The van der Waals surface area contributed by atoms with E-state index in [1.54, 1.807) is 12.1 Å². The number of β-amino-alcohol motifs (C(OH)–C–C–N with tert-alkyl or cyclic N) is 1. The second-order valence-electron chi connectivity index (χ2n) is 8.21. The summed E-state index contributed by atoms with van der Waals surface area (Å²) in [6.45, 7) is 4.95. The number of aliphatic hydroxyl groups is 1. The molecule has 1 aliphatic carbocycles. The third kappa shape index (κ3) is 5.35. The van der Waals surface area contributed by atoms with Crippen LogP contribution in [0.2, 0.25) is 0 Å². The van der Waals surface area contributed by atoms with Gasteiger partial charge in [-0.15, -0.1) is 0 Å². The Balaban J connectivity index is 1.46. The highest BCUT2D eigenvalue weighted by atomic mass is 79.9. The molecule has 3 rings (SSSR count). The van der Waals surface area contributed by atoms with Crippen molar-refractivity contribution in [2.24, 2.45) is 5.92 Å². The molecule has 0 aliphatic heterocycles. The average Bonchev–Trinajstić information content (AvgIpc) is 3.06. The lowest BCUT2D eigenvalue weighted by molar-refractivity contribution is 0.0961. The minimum atomic E-state index is -0.654. The van der Waals surface area contributed by atoms with Crippen LogP contribution in [-0.2, 0) is 12.8 Å². The molecule has 2 aromatic carbocycles. The van der Waals surface area contributed by atoms with Gasteiger partial charge in [-0.3, -0.25) is 0 Å². The number of nitrogens with one attached hydrogen (secondary N) is 1. The molecular formula is C23H27BrN2O2. The van der Waals surface area contributed by atoms with Gasteiger partial charge in [0.1, 0.15) is 18.8 Å². The van der Waals surface area contributed by atoms with Gasteiger partial charge in [-0.2, -0.15) is 5.26 Å². The van der Waals surface area contributed by atoms with Crippen LogP contribution in [0.15, 0.2) is 46.9 Å². The van der Waals surface area contributed by atoms with Crippen molar-refractivity contribution >= 4 is 15.9 Å². The quantitative estimate of drug-likeness (QED) is 0.641. The molecule has 0 unspecified atom stereocenters. The number of hydrogen-bond donors (Lipinski definition) is 2. The number of nitriles is 1. The van der Waals surface area contributed by atoms with E-state index in [2.05, 4.69) is 65.4 Å². The molecule has 2 N–H and O–H groups in total. The predicted octanol–water partition coefficient (Wildman–Crippen LogP) is 4.23. The number of nitrogens with zero attached hydrogens (tertiary/aromatic N) is 1. The van der Waals surface area contributed by atoms with E-state index in [4.69, 9.17) is 4.74 Å². The monoisotopic (exact) mass is 442 g/mol. The molecule has 0 fully saturated rings. The lowest BCUT2D eigenvalue weighted by Gasteiger charge is -2.30. The van der Waals surface area contributed by atoms with E-state index in [9.17, 15) is 10.4 Å². The minimum Gasteiger partial charge on any atom is -0.488 e. The van der Waals surface area contributed by atoms with Crippen LogP contribution in [0, 0.1) is 17.2 Å². The fourth-order valence-corrected chi connectivity index (χ4v) is 4.44. The Morgan fingerprint density at radius 3 is 2.54 bits per heavy atom. The van der Waals surface area contributed by atoms with E-state index < -0.39 is 6.10 Å². The van der Waals surface area contributed by atoms with E-state index in [1.807, 2.05) is 6.07 Å². The standard InChI is InChI=1S/C23H27BrN2O2/c1-23(2,12-16-10-17-6-3-4-7-18(17)11-16)26-14-20(27)15-28-22-19(13-25)8-5-9-21(22)24/h3-9,16,20,26-27H,10-12,14-15H2,1-2H3/t20-/m1/s1. The number of benzene rings is 2. The molecule has 0 heterocycles. The summed E-state index contributed by atoms with van der Waals surface area (Å²) in [4.78, 5) is 0. The van der Waals surface area contributed by atoms with Gasteiger partial charge in [0.05, 0.1) is 10.0 Å². The summed E-state index contributed by atoms with van der Waals surface area (Å²) >= 11 is 3.40. The average molecular weight is 443 g/mol. The Kier molecular flexibility index (Phi) is 6.77. The Bertz CT molecular complexity index is 835. The number of halogens is 1. The maximum absolute atomic E-state index is 10.3. The zero-order valence-corrected chi connectivity index (χ0v) is 18.0. The van der Waals surface area contributed by atoms with E-state index in [0.717, 1.165) is 19.3 Å². The van der Waals surface area contributed by atoms with Crippen molar-refractivity contribution in [3.63, 3.8) is 0 Å². The van der Waals surface area contributed by atoms with Crippen molar-refractivity contribution < 1.29 is 9.84 Å². The van der Waals surface area contributed by atoms with Gasteiger partial charge in [-0.05, 0) is 78.2 Å². The second-order valence-corrected chi connectivity index (χ2v) is 9.06. The summed E-state index contributed by atoms with van der Waals surface area (Å²) in [5.41, 5.74) is 3.33. The Labute approximate surface area is 175 Å². The number of para-hydroxylation sites is 1. The SMILES string of the molecule is CC(C)(CC1Cc2ccccc2C1)NC[C@@H](O)COc1c(Br)cccc1C#N. The molecule has 0 amide bonds. The number of rotatable bonds is 8. The molecule has 0 radical (unpaired) electrons. The maximum Gasteiger partial charge on any atom is 0.151 e. The van der Waals surface area contributed by atoms with Crippen LogP contribution < -0.4 is 10.1 Å². The second kappa shape index (κ2) is 9.09. The van der Waals surface area contributed by atoms with Gasteiger partial charge in [0.25, 0.3) is 0 Å². The molecule has 148 valence electrons. The van der Waals surface area contributed by atoms with E-state index >= 15 is 0 Å². The molecule has 0 spiro atoms. The highest BCUT2D eigenvalue weighted by Gasteiger charge is 2.28. The van der Waals surface area contributed by atoms with Crippen LogP contribution in [0.1, 0.15) is 37.0 Å². The lowest BCUT2D eigenvalue weighted by Crippen LogP contribution is -2.46. The van der Waals surface area contributed by atoms with Gasteiger partial charge in [0.15, 0.2) is 5.75 Å². The van der Waals surface area contributed by atoms with Gasteiger partial charge in [0.2, 0.25) is 0 Å². The Morgan fingerprint density at radius 1 is 1.21 bits per heavy atom. The van der Waals surface area contributed by atoms with E-state index in [0.29, 0.717) is 28.2 Å². The van der Waals surface area contributed by atoms with E-state index in [1.165, 1.54) is 11.1 Å². The first kappa shape index (κ1) is 20.9. The van der Waals surface area contributed by atoms with Crippen LogP contribution in [0.5, 0.6) is 5.75 Å². The lowest BCUT2D eigenvalue weighted by atomic mass is 9.88. The van der Waals surface area contributed by atoms with Gasteiger partial charge < -0.3 is 15.2 Å². The zero-order valence-electron chi connectivity index (χ0n) is 16.4. The molecule has 5 heteroatoms. The van der Waals surface area contributed by atoms with Crippen molar-refractivity contribution in [1.82, 2.24) is 5.32 Å². The third-order valence-corrected chi connectivity index (χ3v) is 5.88. The molecule has 1 atom stereocenters. The smallest absolute Gasteiger partial charge is 0.151 e. The summed E-state index contributed by atoms with van der Waals surface area (Å²) < 4.78 is 6.42. The van der Waals surface area contributed by atoms with Gasteiger partial charge in [0, 0.05) is 12.1 Å². The summed E-state index contributed by atoms with van der Waals surface area (Å²) in [6, 6.07) is 16.1. The number of aliphatic hydroxyl groups excluding tert-OH is 1. The van der Waals surface area contributed by atoms with Crippen molar-refractivity contribution in [2.75, 3.05) is 13.2 Å². The molecule has 0 bridgehead atoms. The zero-order chi connectivity index (χ0) is 20.1. The van der Waals surface area contributed by atoms with Gasteiger partial charge >= 0.3 is 0 Å². The van der Waals surface area contributed by atoms with Crippen molar-refractivity contribution in [2.45, 2.75) is 44.8 Å². The molecule has 0 aromatic heterocycles. The Morgan fingerprint density at radius 2 is 1.89 bits per heavy atom. The normalized spacial score (nSPS) is 15.1. The van der Waals surface area contributed by atoms with Crippen LogP contribution in [0.3, 0.4) is 0 Å². The van der Waals surface area contributed by atoms with E-state index in [-0.39, 0.29) is 12.1 Å². The number of hydrogen-bond acceptors (Lipinski definition) is 4. The molecule has 2 aromatic rings. The molecular weight excluding hydrogens is 416 g/mol. The minimum absolute atomic E-state index is 0.0706. The van der Waals surface area contributed by atoms with Crippen molar-refractivity contribution in [3.05, 3.63) is 63.6 Å². The first-order valence-corrected chi connectivity index (χ1v) is 10.5. The van der Waals surface area contributed by atoms with Crippen LogP contribution in [-0.4, -0.2) is 29.9 Å². The van der Waals surface area contributed by atoms with Crippen LogP contribution in [0.25, 0.3) is 0 Å². The highest BCUT2D eigenvalue weighted by Crippen LogP contribution is 2.32. The largest absolute Gasteiger partial charge is 0.488 e. The topological polar surface area (TPSA) is 65.3 Å². The van der Waals surface area contributed by atoms with Crippen molar-refractivity contribution in [3.8, 4) is 11.8 Å². The van der Waals surface area contributed by atoms with Gasteiger partial charge in [-0.1, -0.05) is 30.3 Å². The predicted molar refractivity (Wildman–Crippen MR) is 114 cm³/mol. The number of ether oxygens (including phenoxy) is 1. The fraction of sp³-hybridized carbons (Fsp3) is 0.435.